The van der Waals surface area contributed by atoms with Crippen LogP contribution in [0.25, 0.3) is 0 Å². The fourth-order valence-electron chi connectivity index (χ4n) is 4.38. The van der Waals surface area contributed by atoms with Gasteiger partial charge in [0.25, 0.3) is 5.91 Å². The smallest absolute Gasteiger partial charge is 0.325 e. The van der Waals surface area contributed by atoms with Crippen LogP contribution in [-0.4, -0.2) is 58.9 Å². The summed E-state index contributed by atoms with van der Waals surface area (Å²) in [7, 11) is 0. The van der Waals surface area contributed by atoms with Gasteiger partial charge in [0.1, 0.15) is 12.1 Å². The van der Waals surface area contributed by atoms with Crippen LogP contribution < -0.4 is 11.1 Å². The van der Waals surface area contributed by atoms with Gasteiger partial charge in [-0.15, -0.1) is 0 Å². The highest BCUT2D eigenvalue weighted by Gasteiger charge is 2.53. The van der Waals surface area contributed by atoms with Crippen molar-refractivity contribution in [2.24, 2.45) is 17.1 Å². The third-order valence-electron chi connectivity index (χ3n) is 6.18. The van der Waals surface area contributed by atoms with Gasteiger partial charge < -0.3 is 16.0 Å². The Balaban J connectivity index is 1.64. The highest BCUT2D eigenvalue weighted by atomic mass is 16.2. The second-order valence-corrected chi connectivity index (χ2v) is 8.93. The Labute approximate surface area is 149 Å². The molecule has 0 bridgehead atoms. The molecule has 1 spiro atoms. The van der Waals surface area contributed by atoms with Gasteiger partial charge in [-0.2, -0.15) is 0 Å². The summed E-state index contributed by atoms with van der Waals surface area (Å²) in [6, 6.07) is -0.442. The van der Waals surface area contributed by atoms with Gasteiger partial charge in [-0.3, -0.25) is 14.5 Å². The summed E-state index contributed by atoms with van der Waals surface area (Å²) in [5.74, 6) is 0.114. The number of nitrogens with one attached hydrogen (secondary N) is 1. The van der Waals surface area contributed by atoms with Crippen LogP contribution in [-0.2, 0) is 9.59 Å². The lowest BCUT2D eigenvalue weighted by Gasteiger charge is -2.40. The molecular weight excluding hydrogens is 320 g/mol. The van der Waals surface area contributed by atoms with Crippen molar-refractivity contribution in [3.05, 3.63) is 0 Å². The van der Waals surface area contributed by atoms with Gasteiger partial charge >= 0.3 is 6.03 Å². The van der Waals surface area contributed by atoms with Crippen LogP contribution in [0.4, 0.5) is 4.79 Å². The average molecular weight is 350 g/mol. The molecule has 3 fully saturated rings. The van der Waals surface area contributed by atoms with Crippen molar-refractivity contribution in [3.63, 3.8) is 0 Å². The lowest BCUT2D eigenvalue weighted by molar-refractivity contribution is -0.139. The number of amides is 4. The number of rotatable bonds is 2. The van der Waals surface area contributed by atoms with Gasteiger partial charge in [0.15, 0.2) is 0 Å². The van der Waals surface area contributed by atoms with Crippen molar-refractivity contribution in [3.8, 4) is 0 Å². The number of hydrogen-bond acceptors (Lipinski definition) is 4. The SMILES string of the molecule is CC(C)(C)C1CCC2(CC1)NC(=O)N(CC(=O)N1CC[C@@H](N)C1)C2=O. The molecule has 3 rings (SSSR count). The van der Waals surface area contributed by atoms with Crippen molar-refractivity contribution in [1.82, 2.24) is 15.1 Å². The summed E-state index contributed by atoms with van der Waals surface area (Å²) in [5.41, 5.74) is 5.23. The minimum atomic E-state index is -0.805. The number of urea groups is 1. The van der Waals surface area contributed by atoms with Gasteiger partial charge in [0, 0.05) is 19.1 Å². The molecule has 0 aromatic rings. The van der Waals surface area contributed by atoms with E-state index in [9.17, 15) is 14.4 Å². The third kappa shape index (κ3) is 3.38. The predicted octanol–water partition coefficient (Wildman–Crippen LogP) is 1.07. The molecule has 3 aliphatic rings. The molecule has 0 aromatic carbocycles. The van der Waals surface area contributed by atoms with Crippen LogP contribution in [0.3, 0.4) is 0 Å². The maximum absolute atomic E-state index is 12.9. The molecule has 0 aromatic heterocycles. The quantitative estimate of drug-likeness (QED) is 0.728. The van der Waals surface area contributed by atoms with E-state index in [0.29, 0.717) is 31.8 Å². The number of hydrogen-bond donors (Lipinski definition) is 2. The summed E-state index contributed by atoms with van der Waals surface area (Å²) in [5, 5.41) is 2.89. The molecule has 2 saturated heterocycles. The first-order chi connectivity index (χ1) is 11.6. The molecule has 25 heavy (non-hydrogen) atoms. The predicted molar refractivity (Wildman–Crippen MR) is 93.6 cm³/mol. The van der Waals surface area contributed by atoms with E-state index < -0.39 is 11.6 Å². The Morgan fingerprint density at radius 1 is 1.24 bits per heavy atom. The maximum Gasteiger partial charge on any atom is 0.325 e. The second kappa shape index (κ2) is 6.27. The number of nitrogens with two attached hydrogens (primary N) is 1. The third-order valence-corrected chi connectivity index (χ3v) is 6.18. The van der Waals surface area contributed by atoms with Crippen molar-refractivity contribution < 1.29 is 14.4 Å². The van der Waals surface area contributed by atoms with Crippen LogP contribution in [0.2, 0.25) is 0 Å². The molecule has 2 aliphatic heterocycles. The molecular formula is C18H30N4O3. The molecule has 3 N–H and O–H groups in total. The highest BCUT2D eigenvalue weighted by molar-refractivity contribution is 6.09. The standard InChI is InChI=1S/C18H30N4O3/c1-17(2,3)12-4-7-18(8-5-12)15(24)22(16(25)20-18)11-14(23)21-9-6-13(19)10-21/h12-13H,4-11,19H2,1-3H3,(H,20,25)/t12?,13-,18?/m1/s1. The van der Waals surface area contributed by atoms with Crippen molar-refractivity contribution in [2.45, 2.75) is 64.5 Å². The lowest BCUT2D eigenvalue weighted by Crippen LogP contribution is -2.51. The van der Waals surface area contributed by atoms with Gasteiger partial charge in [0.05, 0.1) is 0 Å². The molecule has 0 radical (unpaired) electrons. The Kier molecular flexibility index (Phi) is 4.56. The minimum Gasteiger partial charge on any atom is -0.340 e. The molecule has 4 amide bonds. The van der Waals surface area contributed by atoms with Crippen LogP contribution >= 0.6 is 0 Å². The van der Waals surface area contributed by atoms with Crippen LogP contribution in [0.1, 0.15) is 52.9 Å². The first-order valence-electron chi connectivity index (χ1n) is 9.30. The maximum atomic E-state index is 12.9. The molecule has 7 nitrogen and oxygen atoms in total. The zero-order valence-corrected chi connectivity index (χ0v) is 15.5. The van der Waals surface area contributed by atoms with Gasteiger partial charge in [0.2, 0.25) is 5.91 Å². The summed E-state index contributed by atoms with van der Waals surface area (Å²) < 4.78 is 0. The monoisotopic (exact) mass is 350 g/mol. The normalized spacial score (nSPS) is 33.3. The first kappa shape index (κ1) is 18.2. The van der Waals surface area contributed by atoms with Gasteiger partial charge in [-0.1, -0.05) is 20.8 Å². The average Bonchev–Trinajstić information content (AvgIpc) is 3.05. The first-order valence-corrected chi connectivity index (χ1v) is 9.30. The van der Waals surface area contributed by atoms with E-state index in [4.69, 9.17) is 5.73 Å². The topological polar surface area (TPSA) is 95.7 Å². The van der Waals surface area contributed by atoms with E-state index in [-0.39, 0.29) is 29.8 Å². The van der Waals surface area contributed by atoms with Gasteiger partial charge in [-0.25, -0.2) is 4.79 Å². The molecule has 1 aliphatic carbocycles. The fourth-order valence-corrected chi connectivity index (χ4v) is 4.38. The Morgan fingerprint density at radius 2 is 1.88 bits per heavy atom. The van der Waals surface area contributed by atoms with Crippen LogP contribution in [0.5, 0.6) is 0 Å². The number of carbonyl (C=O) groups is 3. The van der Waals surface area contributed by atoms with E-state index in [1.165, 1.54) is 0 Å². The molecule has 1 saturated carbocycles. The van der Waals surface area contributed by atoms with E-state index in [2.05, 4.69) is 26.1 Å². The van der Waals surface area contributed by atoms with E-state index >= 15 is 0 Å². The van der Waals surface area contributed by atoms with Crippen molar-refractivity contribution in [1.29, 1.82) is 0 Å². The Morgan fingerprint density at radius 3 is 2.40 bits per heavy atom. The van der Waals surface area contributed by atoms with Crippen LogP contribution in [0, 0.1) is 11.3 Å². The fraction of sp³-hybridized carbons (Fsp3) is 0.833. The highest BCUT2D eigenvalue weighted by Crippen LogP contribution is 2.43. The molecule has 2 heterocycles. The summed E-state index contributed by atoms with van der Waals surface area (Å²) in [6.45, 7) is 7.58. The zero-order chi connectivity index (χ0) is 18.4. The van der Waals surface area contributed by atoms with E-state index in [1.807, 2.05) is 0 Å². The molecule has 0 unspecified atom stereocenters. The van der Waals surface area contributed by atoms with Crippen molar-refractivity contribution in [2.75, 3.05) is 19.6 Å². The Hall–Kier alpha value is -1.63. The zero-order valence-electron chi connectivity index (χ0n) is 15.5. The summed E-state index contributed by atoms with van der Waals surface area (Å²) in [4.78, 5) is 40.4. The van der Waals surface area contributed by atoms with Crippen molar-refractivity contribution >= 4 is 17.8 Å². The largest absolute Gasteiger partial charge is 0.340 e. The lowest BCUT2D eigenvalue weighted by atomic mass is 9.67. The number of carbonyl (C=O) groups excluding carboxylic acids is 3. The Bertz CT molecular complexity index is 575. The molecule has 1 atom stereocenters. The molecule has 7 heteroatoms. The number of likely N-dealkylation sites (tertiary alicyclic amines) is 1. The van der Waals surface area contributed by atoms with E-state index in [0.717, 1.165) is 24.2 Å². The number of nitrogens with zero attached hydrogens (tertiary/aromatic N) is 2. The second-order valence-electron chi connectivity index (χ2n) is 8.93. The molecule has 140 valence electrons. The van der Waals surface area contributed by atoms with Gasteiger partial charge in [-0.05, 0) is 43.4 Å². The number of imide groups is 1. The summed E-state index contributed by atoms with van der Waals surface area (Å²) >= 11 is 0. The minimum absolute atomic E-state index is 0.00826. The summed E-state index contributed by atoms with van der Waals surface area (Å²) in [6.07, 6.45) is 3.90. The van der Waals surface area contributed by atoms with Crippen LogP contribution in [0.15, 0.2) is 0 Å². The van der Waals surface area contributed by atoms with E-state index in [1.54, 1.807) is 4.90 Å².